The maximum absolute atomic E-state index is 12.0. The second kappa shape index (κ2) is 5.84. The predicted octanol–water partition coefficient (Wildman–Crippen LogP) is 1.00. The summed E-state index contributed by atoms with van der Waals surface area (Å²) < 4.78 is 0. The van der Waals surface area contributed by atoms with Gasteiger partial charge >= 0.3 is 5.97 Å². The molecule has 0 bridgehead atoms. The highest BCUT2D eigenvalue weighted by molar-refractivity contribution is 5.79. The molecule has 16 heavy (non-hydrogen) atoms. The average molecular weight is 228 g/mol. The normalized spacial score (nSPS) is 22.9. The number of amides is 1. The molecule has 0 saturated carbocycles. The molecule has 0 spiro atoms. The number of carbonyl (C=O) groups is 2. The summed E-state index contributed by atoms with van der Waals surface area (Å²) in [6.07, 6.45) is 2.53. The monoisotopic (exact) mass is 228 g/mol. The highest BCUT2D eigenvalue weighted by atomic mass is 16.4. The SMILES string of the molecule is CC1CCCNN1C(=O)[C@@H](C)CCC(=O)O. The van der Waals surface area contributed by atoms with Crippen LogP contribution in [-0.4, -0.2) is 34.6 Å². The van der Waals surface area contributed by atoms with Crippen molar-refractivity contribution in [1.29, 1.82) is 0 Å². The summed E-state index contributed by atoms with van der Waals surface area (Å²) in [7, 11) is 0. The Labute approximate surface area is 95.8 Å². The molecule has 0 radical (unpaired) electrons. The van der Waals surface area contributed by atoms with Crippen LogP contribution in [0.15, 0.2) is 0 Å². The van der Waals surface area contributed by atoms with Crippen LogP contribution in [0.5, 0.6) is 0 Å². The van der Waals surface area contributed by atoms with Crippen LogP contribution in [0.2, 0.25) is 0 Å². The van der Waals surface area contributed by atoms with E-state index in [9.17, 15) is 9.59 Å². The summed E-state index contributed by atoms with van der Waals surface area (Å²) in [6, 6.07) is 0.202. The molecule has 2 N–H and O–H groups in total. The van der Waals surface area contributed by atoms with E-state index in [1.165, 1.54) is 0 Å². The first-order valence-corrected chi connectivity index (χ1v) is 5.80. The van der Waals surface area contributed by atoms with Crippen molar-refractivity contribution in [3.05, 3.63) is 0 Å². The Kier molecular flexibility index (Phi) is 4.73. The van der Waals surface area contributed by atoms with Gasteiger partial charge in [-0.2, -0.15) is 0 Å². The molecular formula is C11H20N2O3. The lowest BCUT2D eigenvalue weighted by atomic mass is 10.0. The quantitative estimate of drug-likeness (QED) is 0.753. The first-order chi connectivity index (χ1) is 7.52. The molecule has 1 rings (SSSR count). The number of hydrogen-bond acceptors (Lipinski definition) is 3. The van der Waals surface area contributed by atoms with Gasteiger partial charge in [-0.1, -0.05) is 6.92 Å². The van der Waals surface area contributed by atoms with E-state index < -0.39 is 5.97 Å². The molecule has 2 atom stereocenters. The molecule has 1 heterocycles. The van der Waals surface area contributed by atoms with E-state index >= 15 is 0 Å². The Hall–Kier alpha value is -1.10. The van der Waals surface area contributed by atoms with Crippen LogP contribution in [0.25, 0.3) is 0 Å². The minimum Gasteiger partial charge on any atom is -0.481 e. The van der Waals surface area contributed by atoms with Gasteiger partial charge < -0.3 is 5.11 Å². The van der Waals surface area contributed by atoms with Crippen molar-refractivity contribution in [3.8, 4) is 0 Å². The topological polar surface area (TPSA) is 69.6 Å². The lowest BCUT2D eigenvalue weighted by Crippen LogP contribution is -2.53. The van der Waals surface area contributed by atoms with Crippen molar-refractivity contribution in [3.63, 3.8) is 0 Å². The highest BCUT2D eigenvalue weighted by Gasteiger charge is 2.27. The fourth-order valence-corrected chi connectivity index (χ4v) is 1.88. The Morgan fingerprint density at radius 1 is 1.56 bits per heavy atom. The van der Waals surface area contributed by atoms with Crippen molar-refractivity contribution in [2.24, 2.45) is 5.92 Å². The Balaban J connectivity index is 2.45. The van der Waals surface area contributed by atoms with Crippen molar-refractivity contribution < 1.29 is 14.7 Å². The van der Waals surface area contributed by atoms with Crippen molar-refractivity contribution in [1.82, 2.24) is 10.4 Å². The maximum atomic E-state index is 12.0. The van der Waals surface area contributed by atoms with Gasteiger partial charge in [0.1, 0.15) is 0 Å². The second-order valence-electron chi connectivity index (χ2n) is 4.44. The molecule has 1 amide bonds. The first-order valence-electron chi connectivity index (χ1n) is 5.80. The lowest BCUT2D eigenvalue weighted by molar-refractivity contribution is -0.143. The zero-order chi connectivity index (χ0) is 12.1. The second-order valence-corrected chi connectivity index (χ2v) is 4.44. The van der Waals surface area contributed by atoms with Crippen LogP contribution < -0.4 is 5.43 Å². The third-order valence-corrected chi connectivity index (χ3v) is 2.97. The molecular weight excluding hydrogens is 208 g/mol. The number of carboxylic acid groups (broad SMARTS) is 1. The number of rotatable bonds is 4. The molecule has 1 unspecified atom stereocenters. The van der Waals surface area contributed by atoms with Crippen LogP contribution in [0, 0.1) is 5.92 Å². The van der Waals surface area contributed by atoms with Gasteiger partial charge in [0.05, 0.1) is 0 Å². The predicted molar refractivity (Wildman–Crippen MR) is 59.6 cm³/mol. The summed E-state index contributed by atoms with van der Waals surface area (Å²) in [4.78, 5) is 22.4. The summed E-state index contributed by atoms with van der Waals surface area (Å²) in [6.45, 7) is 4.62. The molecule has 1 aliphatic rings. The fraction of sp³-hybridized carbons (Fsp3) is 0.818. The zero-order valence-corrected chi connectivity index (χ0v) is 9.90. The van der Waals surface area contributed by atoms with Gasteiger partial charge in [-0.15, -0.1) is 0 Å². The van der Waals surface area contributed by atoms with Gasteiger partial charge in [0, 0.05) is 24.9 Å². The van der Waals surface area contributed by atoms with Crippen LogP contribution in [0.4, 0.5) is 0 Å². The summed E-state index contributed by atoms with van der Waals surface area (Å²) in [5.41, 5.74) is 3.07. The maximum Gasteiger partial charge on any atom is 0.303 e. The van der Waals surface area contributed by atoms with Gasteiger partial charge in [0.15, 0.2) is 0 Å². The third-order valence-electron chi connectivity index (χ3n) is 2.97. The summed E-state index contributed by atoms with van der Waals surface area (Å²) in [5.74, 6) is -1.07. The average Bonchev–Trinajstić information content (AvgIpc) is 2.25. The van der Waals surface area contributed by atoms with Crippen molar-refractivity contribution in [2.45, 2.75) is 45.6 Å². The molecule has 1 saturated heterocycles. The smallest absolute Gasteiger partial charge is 0.303 e. The zero-order valence-electron chi connectivity index (χ0n) is 9.90. The van der Waals surface area contributed by atoms with Crippen LogP contribution in [-0.2, 0) is 9.59 Å². The van der Waals surface area contributed by atoms with Gasteiger partial charge in [0.25, 0.3) is 0 Å². The molecule has 1 fully saturated rings. The highest BCUT2D eigenvalue weighted by Crippen LogP contribution is 2.15. The number of hydrogen-bond donors (Lipinski definition) is 2. The van der Waals surface area contributed by atoms with E-state index in [2.05, 4.69) is 5.43 Å². The number of carboxylic acids is 1. The van der Waals surface area contributed by atoms with E-state index in [1.54, 1.807) is 11.9 Å². The third kappa shape index (κ3) is 3.48. The van der Waals surface area contributed by atoms with Crippen molar-refractivity contribution >= 4 is 11.9 Å². The van der Waals surface area contributed by atoms with E-state index in [0.717, 1.165) is 19.4 Å². The molecule has 0 aromatic rings. The van der Waals surface area contributed by atoms with Crippen LogP contribution >= 0.6 is 0 Å². The molecule has 0 aromatic heterocycles. The van der Waals surface area contributed by atoms with E-state index in [0.29, 0.717) is 6.42 Å². The largest absolute Gasteiger partial charge is 0.481 e. The Morgan fingerprint density at radius 2 is 2.25 bits per heavy atom. The number of nitrogens with zero attached hydrogens (tertiary/aromatic N) is 1. The molecule has 5 nitrogen and oxygen atoms in total. The molecule has 92 valence electrons. The van der Waals surface area contributed by atoms with Gasteiger partial charge in [-0.25, -0.2) is 5.43 Å². The summed E-state index contributed by atoms with van der Waals surface area (Å²) in [5, 5.41) is 10.2. The minimum absolute atomic E-state index is 0.00782. The molecule has 1 aliphatic heterocycles. The van der Waals surface area contributed by atoms with Crippen LogP contribution in [0.1, 0.15) is 39.5 Å². The van der Waals surface area contributed by atoms with Crippen molar-refractivity contribution in [2.75, 3.05) is 6.54 Å². The minimum atomic E-state index is -0.848. The molecule has 0 aromatic carbocycles. The van der Waals surface area contributed by atoms with E-state index in [1.807, 2.05) is 6.92 Å². The lowest BCUT2D eigenvalue weighted by Gasteiger charge is -2.35. The fourth-order valence-electron chi connectivity index (χ4n) is 1.88. The Bertz CT molecular complexity index is 268. The standard InChI is InChI=1S/C11H20N2O3/c1-8(5-6-10(14)15)11(16)13-9(2)4-3-7-12-13/h8-9,12H,3-7H2,1-2H3,(H,14,15)/t8-,9?/m0/s1. The van der Waals surface area contributed by atoms with E-state index in [-0.39, 0.29) is 24.3 Å². The molecule has 5 heteroatoms. The van der Waals surface area contributed by atoms with Gasteiger partial charge in [-0.3, -0.25) is 14.6 Å². The number of carbonyl (C=O) groups excluding carboxylic acids is 1. The van der Waals surface area contributed by atoms with Gasteiger partial charge in [0.2, 0.25) is 5.91 Å². The Morgan fingerprint density at radius 3 is 2.81 bits per heavy atom. The van der Waals surface area contributed by atoms with E-state index in [4.69, 9.17) is 5.11 Å². The molecule has 0 aliphatic carbocycles. The first kappa shape index (κ1) is 13.0. The van der Waals surface area contributed by atoms with Crippen LogP contribution in [0.3, 0.4) is 0 Å². The number of nitrogens with one attached hydrogen (secondary N) is 1. The number of aliphatic carboxylic acids is 1. The number of hydrazine groups is 1. The van der Waals surface area contributed by atoms with Gasteiger partial charge in [-0.05, 0) is 26.2 Å². The summed E-state index contributed by atoms with van der Waals surface area (Å²) >= 11 is 0.